The number of hydrogen-bond donors (Lipinski definition) is 2. The van der Waals surface area contributed by atoms with Crippen LogP contribution in [0.15, 0.2) is 30.3 Å². The smallest absolute Gasteiger partial charge is 0.242 e. The lowest BCUT2D eigenvalue weighted by atomic mass is 9.95. The monoisotopic (exact) mass is 331 g/mol. The highest BCUT2D eigenvalue weighted by Crippen LogP contribution is 2.20. The second kappa shape index (κ2) is 8.83. The van der Waals surface area contributed by atoms with E-state index in [1.165, 1.54) is 5.56 Å². The van der Waals surface area contributed by atoms with Crippen molar-refractivity contribution >= 4 is 11.8 Å². The van der Waals surface area contributed by atoms with Crippen molar-refractivity contribution in [1.82, 2.24) is 10.2 Å². The zero-order valence-electron chi connectivity index (χ0n) is 14.7. The molecule has 24 heavy (non-hydrogen) atoms. The molecule has 5 heteroatoms. The van der Waals surface area contributed by atoms with Crippen LogP contribution in [-0.2, 0) is 16.0 Å². The average Bonchev–Trinajstić information content (AvgIpc) is 2.60. The molecule has 3 N–H and O–H groups in total. The van der Waals surface area contributed by atoms with Gasteiger partial charge >= 0.3 is 0 Å². The van der Waals surface area contributed by atoms with Gasteiger partial charge in [0.1, 0.15) is 0 Å². The summed E-state index contributed by atoms with van der Waals surface area (Å²) in [4.78, 5) is 26.4. The van der Waals surface area contributed by atoms with E-state index < -0.39 is 6.04 Å². The number of piperidine rings is 1. The van der Waals surface area contributed by atoms with Gasteiger partial charge in [-0.05, 0) is 37.2 Å². The highest BCUT2D eigenvalue weighted by molar-refractivity contribution is 5.87. The fourth-order valence-corrected chi connectivity index (χ4v) is 3.11. The molecule has 5 nitrogen and oxygen atoms in total. The van der Waals surface area contributed by atoms with Crippen molar-refractivity contribution in [3.8, 4) is 0 Å². The van der Waals surface area contributed by atoms with Crippen molar-refractivity contribution in [2.45, 2.75) is 51.6 Å². The largest absolute Gasteiger partial charge is 0.346 e. The van der Waals surface area contributed by atoms with Gasteiger partial charge < -0.3 is 16.0 Å². The van der Waals surface area contributed by atoms with E-state index >= 15 is 0 Å². The van der Waals surface area contributed by atoms with Gasteiger partial charge in [0, 0.05) is 12.6 Å². The molecular weight excluding hydrogens is 302 g/mol. The predicted octanol–water partition coefficient (Wildman–Crippen LogP) is 1.71. The Bertz CT molecular complexity index is 545. The zero-order chi connectivity index (χ0) is 17.5. The van der Waals surface area contributed by atoms with Crippen molar-refractivity contribution in [2.24, 2.45) is 11.7 Å². The normalized spacial score (nSPS) is 19.2. The van der Waals surface area contributed by atoms with Crippen LogP contribution < -0.4 is 11.1 Å². The van der Waals surface area contributed by atoms with E-state index in [0.29, 0.717) is 0 Å². The van der Waals surface area contributed by atoms with E-state index in [1.54, 1.807) is 0 Å². The minimum atomic E-state index is -0.570. The number of likely N-dealkylation sites (tertiary alicyclic amines) is 1. The Kier molecular flexibility index (Phi) is 6.79. The molecule has 1 fully saturated rings. The number of benzene rings is 1. The van der Waals surface area contributed by atoms with E-state index in [9.17, 15) is 9.59 Å². The van der Waals surface area contributed by atoms with Crippen LogP contribution in [0.25, 0.3) is 0 Å². The number of nitrogens with one attached hydrogen (secondary N) is 1. The summed E-state index contributed by atoms with van der Waals surface area (Å²) < 4.78 is 0. The second-order valence-electron chi connectivity index (χ2n) is 6.91. The summed E-state index contributed by atoms with van der Waals surface area (Å²) in [6, 6.07) is 9.89. The van der Waals surface area contributed by atoms with Gasteiger partial charge in [0.05, 0.1) is 12.6 Å². The number of amides is 2. The molecule has 2 rings (SSSR count). The predicted molar refractivity (Wildman–Crippen MR) is 95.3 cm³/mol. The topological polar surface area (TPSA) is 75.4 Å². The van der Waals surface area contributed by atoms with Crippen molar-refractivity contribution in [1.29, 1.82) is 0 Å². The Morgan fingerprint density at radius 1 is 1.25 bits per heavy atom. The molecule has 1 aliphatic heterocycles. The molecule has 0 bridgehead atoms. The summed E-state index contributed by atoms with van der Waals surface area (Å²) in [5.74, 6) is -0.212. The van der Waals surface area contributed by atoms with Gasteiger partial charge in [-0.1, -0.05) is 44.2 Å². The van der Waals surface area contributed by atoms with E-state index in [2.05, 4.69) is 17.4 Å². The third-order valence-electron chi connectivity index (χ3n) is 4.70. The molecule has 1 saturated heterocycles. The number of hydrogen-bond acceptors (Lipinski definition) is 3. The molecule has 1 aromatic carbocycles. The zero-order valence-corrected chi connectivity index (χ0v) is 14.7. The SMILES string of the molecule is CC(C)[C@H](N)C(=O)NCC(=O)N1CCCCC1Cc1ccccc1. The molecule has 1 unspecified atom stereocenters. The Labute approximate surface area is 144 Å². The first-order chi connectivity index (χ1) is 11.5. The van der Waals surface area contributed by atoms with Crippen LogP contribution in [0.2, 0.25) is 0 Å². The summed E-state index contributed by atoms with van der Waals surface area (Å²) in [5.41, 5.74) is 7.06. The van der Waals surface area contributed by atoms with Gasteiger partial charge in [0.15, 0.2) is 0 Å². The standard InChI is InChI=1S/C19H29N3O2/c1-14(2)18(20)19(24)21-13-17(23)22-11-7-6-10-16(22)12-15-8-4-3-5-9-15/h3-5,8-9,14,16,18H,6-7,10-13,20H2,1-2H3,(H,21,24)/t16?,18-/m0/s1. The quantitative estimate of drug-likeness (QED) is 0.833. The maximum atomic E-state index is 12.6. The molecule has 0 spiro atoms. The molecule has 0 aliphatic carbocycles. The van der Waals surface area contributed by atoms with Crippen molar-refractivity contribution in [3.63, 3.8) is 0 Å². The molecule has 0 radical (unpaired) electrons. The third-order valence-corrected chi connectivity index (χ3v) is 4.70. The summed E-state index contributed by atoms with van der Waals surface area (Å²) >= 11 is 0. The molecule has 2 atom stereocenters. The summed E-state index contributed by atoms with van der Waals surface area (Å²) in [6.07, 6.45) is 4.05. The molecule has 1 aliphatic rings. The number of rotatable bonds is 6. The Balaban J connectivity index is 1.92. The molecular formula is C19H29N3O2. The van der Waals surface area contributed by atoms with Crippen LogP contribution in [0.3, 0.4) is 0 Å². The summed E-state index contributed by atoms with van der Waals surface area (Å²) in [7, 11) is 0. The maximum absolute atomic E-state index is 12.6. The lowest BCUT2D eigenvalue weighted by Gasteiger charge is -2.36. The van der Waals surface area contributed by atoms with Gasteiger partial charge in [-0.15, -0.1) is 0 Å². The Morgan fingerprint density at radius 3 is 2.62 bits per heavy atom. The van der Waals surface area contributed by atoms with Gasteiger partial charge in [-0.2, -0.15) is 0 Å². The molecule has 1 heterocycles. The molecule has 0 saturated carbocycles. The molecule has 2 amide bonds. The Morgan fingerprint density at radius 2 is 1.96 bits per heavy atom. The molecule has 132 valence electrons. The number of carbonyl (C=O) groups is 2. The van der Waals surface area contributed by atoms with E-state index in [4.69, 9.17) is 5.73 Å². The van der Waals surface area contributed by atoms with Crippen LogP contribution in [0.5, 0.6) is 0 Å². The van der Waals surface area contributed by atoms with Crippen LogP contribution in [0, 0.1) is 5.92 Å². The first-order valence-electron chi connectivity index (χ1n) is 8.85. The summed E-state index contributed by atoms with van der Waals surface area (Å²) in [6.45, 7) is 4.59. The van der Waals surface area contributed by atoms with Gasteiger partial charge in [-0.3, -0.25) is 9.59 Å². The fourth-order valence-electron chi connectivity index (χ4n) is 3.11. The lowest BCUT2D eigenvalue weighted by Crippen LogP contribution is -2.51. The van der Waals surface area contributed by atoms with Crippen LogP contribution in [0.4, 0.5) is 0 Å². The van der Waals surface area contributed by atoms with Crippen LogP contribution >= 0.6 is 0 Å². The van der Waals surface area contributed by atoms with E-state index in [0.717, 1.165) is 32.2 Å². The summed E-state index contributed by atoms with van der Waals surface area (Å²) in [5, 5.41) is 2.69. The minimum absolute atomic E-state index is 0.0139. The third kappa shape index (κ3) is 5.06. The van der Waals surface area contributed by atoms with E-state index in [1.807, 2.05) is 36.9 Å². The molecule has 1 aromatic rings. The average molecular weight is 331 g/mol. The van der Waals surface area contributed by atoms with E-state index in [-0.39, 0.29) is 30.3 Å². The van der Waals surface area contributed by atoms with Crippen molar-refractivity contribution in [3.05, 3.63) is 35.9 Å². The van der Waals surface area contributed by atoms with Gasteiger partial charge in [0.25, 0.3) is 0 Å². The second-order valence-corrected chi connectivity index (χ2v) is 6.91. The van der Waals surface area contributed by atoms with Gasteiger partial charge in [-0.25, -0.2) is 0 Å². The Hall–Kier alpha value is -1.88. The highest BCUT2D eigenvalue weighted by Gasteiger charge is 2.27. The van der Waals surface area contributed by atoms with Crippen molar-refractivity contribution < 1.29 is 9.59 Å². The van der Waals surface area contributed by atoms with Crippen molar-refractivity contribution in [2.75, 3.05) is 13.1 Å². The minimum Gasteiger partial charge on any atom is -0.346 e. The highest BCUT2D eigenvalue weighted by atomic mass is 16.2. The maximum Gasteiger partial charge on any atom is 0.242 e. The first kappa shape index (κ1) is 18.5. The lowest BCUT2D eigenvalue weighted by molar-refractivity contribution is -0.136. The number of nitrogens with two attached hydrogens (primary N) is 1. The first-order valence-corrected chi connectivity index (χ1v) is 8.85. The molecule has 0 aromatic heterocycles. The fraction of sp³-hybridized carbons (Fsp3) is 0.579. The van der Waals surface area contributed by atoms with Crippen LogP contribution in [-0.4, -0.2) is 41.9 Å². The van der Waals surface area contributed by atoms with Gasteiger partial charge in [0.2, 0.25) is 11.8 Å². The van der Waals surface area contributed by atoms with Crippen LogP contribution in [0.1, 0.15) is 38.7 Å². The number of nitrogens with zero attached hydrogens (tertiary/aromatic N) is 1. The number of carbonyl (C=O) groups excluding carboxylic acids is 2.